The Kier molecular flexibility index (Phi) is 7.76. The maximum Gasteiger partial charge on any atom is 0.0419 e. The Labute approximate surface area is 76.0 Å². The highest BCUT2D eigenvalue weighted by atomic mass is 15.1. The number of aliphatic imine (C=N–C) groups is 1. The van der Waals surface area contributed by atoms with Crippen LogP contribution in [0.1, 0.15) is 32.6 Å². The fourth-order valence-corrected chi connectivity index (χ4v) is 1.02. The van der Waals surface area contributed by atoms with Gasteiger partial charge in [-0.25, -0.2) is 0 Å². The SMILES string of the molecule is C=N/C=C\N(C)CCCCCC. The van der Waals surface area contributed by atoms with Gasteiger partial charge in [0.2, 0.25) is 0 Å². The lowest BCUT2D eigenvalue weighted by Crippen LogP contribution is -2.11. The number of hydrogen-bond acceptors (Lipinski definition) is 2. The van der Waals surface area contributed by atoms with Gasteiger partial charge in [0.25, 0.3) is 0 Å². The Morgan fingerprint density at radius 1 is 1.33 bits per heavy atom. The van der Waals surface area contributed by atoms with Gasteiger partial charge < -0.3 is 4.90 Å². The largest absolute Gasteiger partial charge is 0.379 e. The summed E-state index contributed by atoms with van der Waals surface area (Å²) in [5.41, 5.74) is 0. The van der Waals surface area contributed by atoms with Gasteiger partial charge in [-0.1, -0.05) is 26.2 Å². The summed E-state index contributed by atoms with van der Waals surface area (Å²) in [6.45, 7) is 6.72. The minimum atomic E-state index is 1.12. The first-order valence-corrected chi connectivity index (χ1v) is 4.64. The Hall–Kier alpha value is -0.790. The van der Waals surface area contributed by atoms with Crippen molar-refractivity contribution in [3.63, 3.8) is 0 Å². The molecule has 0 atom stereocenters. The second kappa shape index (κ2) is 8.31. The van der Waals surface area contributed by atoms with E-state index in [-0.39, 0.29) is 0 Å². The molecule has 0 saturated carbocycles. The molecule has 0 aromatic heterocycles. The second-order valence-electron chi connectivity index (χ2n) is 3.02. The third-order valence-electron chi connectivity index (χ3n) is 1.79. The number of nitrogens with zero attached hydrogens (tertiary/aromatic N) is 2. The highest BCUT2D eigenvalue weighted by Gasteiger charge is 1.90. The Morgan fingerprint density at radius 2 is 2.08 bits per heavy atom. The summed E-state index contributed by atoms with van der Waals surface area (Å²) in [4.78, 5) is 5.79. The fourth-order valence-electron chi connectivity index (χ4n) is 1.02. The molecule has 0 rings (SSSR count). The zero-order valence-electron chi connectivity index (χ0n) is 8.29. The van der Waals surface area contributed by atoms with Crippen molar-refractivity contribution in [1.29, 1.82) is 0 Å². The summed E-state index contributed by atoms with van der Waals surface area (Å²) in [6, 6.07) is 0. The van der Waals surface area contributed by atoms with Crippen LogP contribution in [-0.2, 0) is 0 Å². The van der Waals surface area contributed by atoms with E-state index in [1.165, 1.54) is 25.7 Å². The highest BCUT2D eigenvalue weighted by molar-refractivity contribution is 5.25. The van der Waals surface area contributed by atoms with Gasteiger partial charge in [0, 0.05) is 26.0 Å². The molecule has 0 aliphatic rings. The zero-order valence-corrected chi connectivity index (χ0v) is 8.29. The van der Waals surface area contributed by atoms with Crippen molar-refractivity contribution < 1.29 is 0 Å². The van der Waals surface area contributed by atoms with Crippen LogP contribution in [0.3, 0.4) is 0 Å². The Bertz CT molecular complexity index is 130. The van der Waals surface area contributed by atoms with Gasteiger partial charge in [-0.05, 0) is 13.1 Å². The van der Waals surface area contributed by atoms with E-state index in [1.807, 2.05) is 6.20 Å². The fraction of sp³-hybridized carbons (Fsp3) is 0.700. The van der Waals surface area contributed by atoms with Crippen molar-refractivity contribution >= 4 is 6.72 Å². The maximum absolute atomic E-state index is 3.65. The van der Waals surface area contributed by atoms with Gasteiger partial charge in [-0.2, -0.15) is 0 Å². The average molecular weight is 168 g/mol. The molecule has 0 fully saturated rings. The number of unbranched alkanes of at least 4 members (excludes halogenated alkanes) is 3. The first-order chi connectivity index (χ1) is 5.81. The molecule has 0 saturated heterocycles. The minimum absolute atomic E-state index is 1.12. The van der Waals surface area contributed by atoms with Gasteiger partial charge in [-0.15, -0.1) is 0 Å². The monoisotopic (exact) mass is 168 g/mol. The van der Waals surface area contributed by atoms with E-state index in [1.54, 1.807) is 6.20 Å². The number of rotatable bonds is 7. The van der Waals surface area contributed by atoms with Crippen molar-refractivity contribution in [2.45, 2.75) is 32.6 Å². The molecule has 2 nitrogen and oxygen atoms in total. The summed E-state index contributed by atoms with van der Waals surface area (Å²) in [5.74, 6) is 0. The van der Waals surface area contributed by atoms with E-state index in [0.717, 1.165) is 6.54 Å². The molecule has 0 N–H and O–H groups in total. The third-order valence-corrected chi connectivity index (χ3v) is 1.79. The standard InChI is InChI=1S/C10H20N2/c1-4-5-6-7-9-12(3)10-8-11-2/h8,10H,2,4-7,9H2,1,3H3/b10-8-. The van der Waals surface area contributed by atoms with E-state index >= 15 is 0 Å². The van der Waals surface area contributed by atoms with Crippen molar-refractivity contribution in [2.24, 2.45) is 4.99 Å². The van der Waals surface area contributed by atoms with Gasteiger partial charge in [0.05, 0.1) is 0 Å². The summed E-state index contributed by atoms with van der Waals surface area (Å²) in [7, 11) is 2.06. The van der Waals surface area contributed by atoms with Crippen molar-refractivity contribution in [1.82, 2.24) is 4.90 Å². The predicted octanol–water partition coefficient (Wildman–Crippen LogP) is 2.67. The first kappa shape index (κ1) is 11.2. The molecular formula is C10H20N2. The lowest BCUT2D eigenvalue weighted by atomic mass is 10.2. The van der Waals surface area contributed by atoms with E-state index in [0.29, 0.717) is 0 Å². The van der Waals surface area contributed by atoms with Gasteiger partial charge in [0.15, 0.2) is 0 Å². The summed E-state index contributed by atoms with van der Waals surface area (Å²) < 4.78 is 0. The molecule has 0 bridgehead atoms. The second-order valence-corrected chi connectivity index (χ2v) is 3.02. The van der Waals surface area contributed by atoms with Crippen LogP contribution in [0.4, 0.5) is 0 Å². The van der Waals surface area contributed by atoms with Crippen LogP contribution in [0, 0.1) is 0 Å². The molecule has 0 unspecified atom stereocenters. The average Bonchev–Trinajstić information content (AvgIpc) is 2.09. The first-order valence-electron chi connectivity index (χ1n) is 4.64. The van der Waals surface area contributed by atoms with Crippen molar-refractivity contribution in [3.05, 3.63) is 12.4 Å². The lowest BCUT2D eigenvalue weighted by molar-refractivity contribution is 0.431. The van der Waals surface area contributed by atoms with Crippen LogP contribution >= 0.6 is 0 Å². The van der Waals surface area contributed by atoms with Crippen LogP contribution in [0.2, 0.25) is 0 Å². The summed E-state index contributed by atoms with van der Waals surface area (Å²) in [6.07, 6.45) is 8.92. The lowest BCUT2D eigenvalue weighted by Gasteiger charge is -2.12. The summed E-state index contributed by atoms with van der Waals surface area (Å²) >= 11 is 0. The van der Waals surface area contributed by atoms with E-state index in [9.17, 15) is 0 Å². The smallest absolute Gasteiger partial charge is 0.0419 e. The van der Waals surface area contributed by atoms with Crippen molar-refractivity contribution in [3.8, 4) is 0 Å². The molecule has 0 amide bonds. The Morgan fingerprint density at radius 3 is 2.67 bits per heavy atom. The maximum atomic E-state index is 3.65. The number of hydrogen-bond donors (Lipinski definition) is 0. The molecule has 0 spiro atoms. The van der Waals surface area contributed by atoms with E-state index < -0.39 is 0 Å². The molecule has 70 valence electrons. The Balaban J connectivity index is 3.24. The highest BCUT2D eigenvalue weighted by Crippen LogP contribution is 2.00. The molecule has 0 radical (unpaired) electrons. The van der Waals surface area contributed by atoms with Crippen LogP contribution in [0.25, 0.3) is 0 Å². The quantitative estimate of drug-likeness (QED) is 0.421. The molecule has 0 aliphatic carbocycles. The van der Waals surface area contributed by atoms with Crippen molar-refractivity contribution in [2.75, 3.05) is 13.6 Å². The molecule has 0 aromatic carbocycles. The van der Waals surface area contributed by atoms with Gasteiger partial charge in [0.1, 0.15) is 0 Å². The van der Waals surface area contributed by atoms with Crippen LogP contribution in [-0.4, -0.2) is 25.2 Å². The van der Waals surface area contributed by atoms with Crippen LogP contribution in [0.15, 0.2) is 17.4 Å². The topological polar surface area (TPSA) is 15.6 Å². The molecule has 2 heteroatoms. The van der Waals surface area contributed by atoms with Crippen LogP contribution < -0.4 is 0 Å². The zero-order chi connectivity index (χ0) is 9.23. The normalized spacial score (nSPS) is 10.5. The molecule has 0 heterocycles. The molecule has 12 heavy (non-hydrogen) atoms. The summed E-state index contributed by atoms with van der Waals surface area (Å²) in [5, 5.41) is 0. The van der Waals surface area contributed by atoms with E-state index in [2.05, 4.69) is 30.6 Å². The third kappa shape index (κ3) is 7.32. The van der Waals surface area contributed by atoms with Gasteiger partial charge in [-0.3, -0.25) is 4.99 Å². The molecular weight excluding hydrogens is 148 g/mol. The van der Waals surface area contributed by atoms with E-state index in [4.69, 9.17) is 0 Å². The predicted molar refractivity (Wildman–Crippen MR) is 55.5 cm³/mol. The molecule has 0 aliphatic heterocycles. The van der Waals surface area contributed by atoms with Gasteiger partial charge >= 0.3 is 0 Å². The van der Waals surface area contributed by atoms with Crippen LogP contribution in [0.5, 0.6) is 0 Å². The molecule has 0 aromatic rings. The minimum Gasteiger partial charge on any atom is -0.379 e.